The number of rotatable bonds is 6. The molecule has 0 bridgehead atoms. The molecule has 0 unspecified atom stereocenters. The summed E-state index contributed by atoms with van der Waals surface area (Å²) in [6.07, 6.45) is 1.08. The normalized spacial score (nSPS) is 11.2. The molecule has 32 heavy (non-hydrogen) atoms. The van der Waals surface area contributed by atoms with Crippen LogP contribution in [0.3, 0.4) is 0 Å². The monoisotopic (exact) mass is 438 g/mol. The van der Waals surface area contributed by atoms with Gasteiger partial charge in [0.05, 0.1) is 17.0 Å². The largest absolute Gasteiger partial charge is 0.444 e. The number of aromatic nitrogens is 1. The van der Waals surface area contributed by atoms with Crippen molar-refractivity contribution in [2.75, 3.05) is 11.9 Å². The molecule has 168 valence electrons. The second-order valence-electron chi connectivity index (χ2n) is 8.30. The number of nitrogens with zero attached hydrogens (tertiary/aromatic N) is 2. The minimum absolute atomic E-state index is 0.0949. The third-order valence-corrected chi connectivity index (χ3v) is 4.78. The molecule has 0 radical (unpaired) electrons. The number of amides is 2. The van der Waals surface area contributed by atoms with Gasteiger partial charge in [-0.2, -0.15) is 0 Å². The number of hydrogen-bond donors (Lipinski definition) is 2. The maximum Gasteiger partial charge on any atom is 0.410 e. The van der Waals surface area contributed by atoms with E-state index >= 15 is 0 Å². The number of fused-ring (bicyclic) bond motifs is 1. The van der Waals surface area contributed by atoms with Gasteiger partial charge in [0.2, 0.25) is 0 Å². The van der Waals surface area contributed by atoms with Gasteiger partial charge in [-0.15, -0.1) is 0 Å². The molecule has 2 N–H and O–H groups in total. The number of carbonyl (C=O) groups excluding carboxylic acids is 2. The lowest BCUT2D eigenvalue weighted by molar-refractivity contribution is -0.384. The highest BCUT2D eigenvalue weighted by Crippen LogP contribution is 2.26. The van der Waals surface area contributed by atoms with Gasteiger partial charge in [0.15, 0.2) is 0 Å². The van der Waals surface area contributed by atoms with Crippen LogP contribution in [-0.4, -0.2) is 39.0 Å². The summed E-state index contributed by atoms with van der Waals surface area (Å²) in [7, 11) is 0. The number of nitro benzene ring substituents is 1. The Balaban J connectivity index is 1.84. The minimum Gasteiger partial charge on any atom is -0.444 e. The molecule has 3 rings (SSSR count). The van der Waals surface area contributed by atoms with Gasteiger partial charge < -0.3 is 19.9 Å². The molecule has 1 aromatic heterocycles. The summed E-state index contributed by atoms with van der Waals surface area (Å²) in [6.45, 7) is 7.95. The Labute approximate surface area is 185 Å². The van der Waals surface area contributed by atoms with Crippen molar-refractivity contribution in [3.8, 4) is 0 Å². The fourth-order valence-electron chi connectivity index (χ4n) is 3.22. The summed E-state index contributed by atoms with van der Waals surface area (Å²) in [5, 5.41) is 14.4. The molecule has 0 saturated heterocycles. The van der Waals surface area contributed by atoms with E-state index < -0.39 is 22.5 Å². The molecule has 9 nitrogen and oxygen atoms in total. The Bertz CT molecular complexity index is 1160. The Hall–Kier alpha value is -3.88. The van der Waals surface area contributed by atoms with E-state index in [0.29, 0.717) is 23.1 Å². The predicted octanol–water partition coefficient (Wildman–Crippen LogP) is 5.09. The molecule has 3 aromatic rings. The van der Waals surface area contributed by atoms with Crippen LogP contribution in [-0.2, 0) is 11.3 Å². The lowest BCUT2D eigenvalue weighted by Crippen LogP contribution is -2.36. The molecule has 0 atom stereocenters. The maximum absolute atomic E-state index is 13.0. The zero-order chi connectivity index (χ0) is 23.5. The fraction of sp³-hybridized carbons (Fsp3) is 0.304. The standard InChI is InChI=1S/C23H26N4O5/c1-5-26(22(29)32-23(2,3)4)14-15-8-6-7-9-19(15)25-21(28)18-13-24-20-11-10-16(27(30)31)12-17(18)20/h6-13,24H,5,14H2,1-4H3,(H,25,28). The van der Waals surface area contributed by atoms with Gasteiger partial charge >= 0.3 is 6.09 Å². The van der Waals surface area contributed by atoms with Gasteiger partial charge in [0.1, 0.15) is 5.60 Å². The van der Waals surface area contributed by atoms with Crippen molar-refractivity contribution in [1.29, 1.82) is 0 Å². The molecular formula is C23H26N4O5. The third kappa shape index (κ3) is 5.23. The molecule has 0 spiro atoms. The van der Waals surface area contributed by atoms with Gasteiger partial charge in [-0.3, -0.25) is 14.9 Å². The van der Waals surface area contributed by atoms with Crippen LogP contribution in [0.5, 0.6) is 0 Å². The van der Waals surface area contributed by atoms with E-state index in [1.54, 1.807) is 43.9 Å². The predicted molar refractivity (Wildman–Crippen MR) is 122 cm³/mol. The molecule has 0 fully saturated rings. The molecule has 0 aliphatic heterocycles. The molecule has 1 heterocycles. The number of carbonyl (C=O) groups is 2. The average molecular weight is 438 g/mol. The molecule has 0 aliphatic rings. The topological polar surface area (TPSA) is 118 Å². The Kier molecular flexibility index (Phi) is 6.47. The number of ether oxygens (including phenoxy) is 1. The lowest BCUT2D eigenvalue weighted by atomic mass is 10.1. The zero-order valence-corrected chi connectivity index (χ0v) is 18.5. The summed E-state index contributed by atoms with van der Waals surface area (Å²) >= 11 is 0. The number of benzene rings is 2. The zero-order valence-electron chi connectivity index (χ0n) is 18.5. The van der Waals surface area contributed by atoms with Crippen LogP contribution in [0.2, 0.25) is 0 Å². The molecule has 2 amide bonds. The SMILES string of the molecule is CCN(Cc1ccccc1NC(=O)c1c[nH]c2ccc([N+](=O)[O-])cc12)C(=O)OC(C)(C)C. The number of hydrogen-bond acceptors (Lipinski definition) is 5. The molecular weight excluding hydrogens is 412 g/mol. The molecule has 0 aliphatic carbocycles. The first kappa shape index (κ1) is 22.8. The van der Waals surface area contributed by atoms with Gasteiger partial charge in [-0.1, -0.05) is 18.2 Å². The van der Waals surface area contributed by atoms with Crippen LogP contribution in [0.4, 0.5) is 16.2 Å². The summed E-state index contributed by atoms with van der Waals surface area (Å²) in [4.78, 5) is 40.6. The summed E-state index contributed by atoms with van der Waals surface area (Å²) < 4.78 is 5.46. The van der Waals surface area contributed by atoms with Crippen molar-refractivity contribution in [3.05, 3.63) is 69.9 Å². The number of H-pyrrole nitrogens is 1. The highest BCUT2D eigenvalue weighted by Gasteiger charge is 2.22. The Morgan fingerprint density at radius 1 is 1.19 bits per heavy atom. The fourth-order valence-corrected chi connectivity index (χ4v) is 3.22. The van der Waals surface area contributed by atoms with Crippen LogP contribution < -0.4 is 5.32 Å². The van der Waals surface area contributed by atoms with E-state index in [1.165, 1.54) is 18.3 Å². The van der Waals surface area contributed by atoms with Crippen molar-refractivity contribution >= 4 is 34.3 Å². The molecule has 2 aromatic carbocycles. The van der Waals surface area contributed by atoms with Crippen molar-refractivity contribution in [2.45, 2.75) is 39.8 Å². The second-order valence-corrected chi connectivity index (χ2v) is 8.30. The van der Waals surface area contributed by atoms with E-state index in [9.17, 15) is 19.7 Å². The van der Waals surface area contributed by atoms with Crippen LogP contribution in [0.25, 0.3) is 10.9 Å². The molecule has 9 heteroatoms. The van der Waals surface area contributed by atoms with Crippen molar-refractivity contribution in [3.63, 3.8) is 0 Å². The number of aromatic amines is 1. The van der Waals surface area contributed by atoms with Gasteiger partial charge in [-0.05, 0) is 45.4 Å². The second kappa shape index (κ2) is 9.09. The molecule has 0 saturated carbocycles. The van der Waals surface area contributed by atoms with Gasteiger partial charge in [-0.25, -0.2) is 4.79 Å². The number of nitrogens with one attached hydrogen (secondary N) is 2. The number of para-hydroxylation sites is 1. The highest BCUT2D eigenvalue weighted by molar-refractivity contribution is 6.13. The van der Waals surface area contributed by atoms with Crippen molar-refractivity contribution in [1.82, 2.24) is 9.88 Å². The number of nitro groups is 1. The van der Waals surface area contributed by atoms with E-state index in [-0.39, 0.29) is 17.8 Å². The number of anilines is 1. The summed E-state index contributed by atoms with van der Waals surface area (Å²) in [6, 6.07) is 11.5. The quantitative estimate of drug-likeness (QED) is 0.411. The van der Waals surface area contributed by atoms with Gasteiger partial charge in [0.25, 0.3) is 11.6 Å². The first-order valence-electron chi connectivity index (χ1n) is 10.2. The average Bonchev–Trinajstić information content (AvgIpc) is 3.15. The first-order chi connectivity index (χ1) is 15.1. The van der Waals surface area contributed by atoms with E-state index in [1.807, 2.05) is 19.1 Å². The summed E-state index contributed by atoms with van der Waals surface area (Å²) in [5.74, 6) is -0.412. The van der Waals surface area contributed by atoms with Crippen molar-refractivity contribution < 1.29 is 19.2 Å². The van der Waals surface area contributed by atoms with Crippen LogP contribution in [0, 0.1) is 10.1 Å². The Morgan fingerprint density at radius 2 is 1.91 bits per heavy atom. The van der Waals surface area contributed by atoms with Crippen LogP contribution >= 0.6 is 0 Å². The van der Waals surface area contributed by atoms with Crippen molar-refractivity contribution in [2.24, 2.45) is 0 Å². The van der Waals surface area contributed by atoms with E-state index in [0.717, 1.165) is 5.56 Å². The maximum atomic E-state index is 13.0. The van der Waals surface area contributed by atoms with Crippen LogP contribution in [0.1, 0.15) is 43.6 Å². The van der Waals surface area contributed by atoms with Gasteiger partial charge in [0, 0.05) is 41.5 Å². The Morgan fingerprint density at radius 3 is 2.56 bits per heavy atom. The third-order valence-electron chi connectivity index (χ3n) is 4.78. The highest BCUT2D eigenvalue weighted by atomic mass is 16.6. The van der Waals surface area contributed by atoms with Crippen LogP contribution in [0.15, 0.2) is 48.7 Å². The lowest BCUT2D eigenvalue weighted by Gasteiger charge is -2.27. The van der Waals surface area contributed by atoms with E-state index in [2.05, 4.69) is 10.3 Å². The van der Waals surface area contributed by atoms with E-state index in [4.69, 9.17) is 4.74 Å². The summed E-state index contributed by atoms with van der Waals surface area (Å²) in [5.41, 5.74) is 1.48. The minimum atomic E-state index is -0.615. The number of non-ortho nitro benzene ring substituents is 1. The first-order valence-corrected chi connectivity index (χ1v) is 10.2. The smallest absolute Gasteiger partial charge is 0.410 e.